The van der Waals surface area contributed by atoms with E-state index in [-0.39, 0.29) is 5.57 Å². The van der Waals surface area contributed by atoms with Crippen molar-refractivity contribution in [1.82, 2.24) is 0 Å². The molecule has 0 heterocycles. The van der Waals surface area contributed by atoms with Crippen LogP contribution in [0.5, 0.6) is 0 Å². The van der Waals surface area contributed by atoms with Crippen LogP contribution < -0.4 is 0 Å². The average Bonchev–Trinajstić information content (AvgIpc) is 2.29. The predicted molar refractivity (Wildman–Crippen MR) is 58.0 cm³/mol. The Morgan fingerprint density at radius 1 is 1.31 bits per heavy atom. The van der Waals surface area contributed by atoms with Crippen LogP contribution in [0.15, 0.2) is 36.0 Å². The smallest absolute Gasteiger partial charge is 0.409 e. The summed E-state index contributed by atoms with van der Waals surface area (Å²) in [6.07, 6.45) is 0. The number of hydrogen-bond acceptors (Lipinski definition) is 4. The average molecular weight is 221 g/mol. The van der Waals surface area contributed by atoms with Gasteiger partial charge in [-0.25, -0.2) is 4.79 Å². The van der Waals surface area contributed by atoms with Crippen molar-refractivity contribution in [2.75, 3.05) is 7.11 Å². The van der Waals surface area contributed by atoms with Gasteiger partial charge in [0.15, 0.2) is 0 Å². The molecule has 0 bridgehead atoms. The van der Waals surface area contributed by atoms with Gasteiger partial charge in [0, 0.05) is 5.57 Å². The summed E-state index contributed by atoms with van der Waals surface area (Å²) in [7, 11) is 1.12. The van der Waals surface area contributed by atoms with E-state index in [0.717, 1.165) is 7.11 Å². The molecular weight excluding hydrogens is 210 g/mol. The molecule has 0 saturated carbocycles. The van der Waals surface area contributed by atoms with Crippen molar-refractivity contribution in [2.24, 2.45) is 0 Å². The normalized spacial score (nSPS) is 11.6. The zero-order valence-corrected chi connectivity index (χ0v) is 8.97. The lowest BCUT2D eigenvalue weighted by atomic mass is 10.1. The maximum Gasteiger partial charge on any atom is 0.409 e. The van der Waals surface area contributed by atoms with Gasteiger partial charge in [0.2, 0.25) is 0 Å². The van der Waals surface area contributed by atoms with Crippen LogP contribution in [0.25, 0.3) is 5.57 Å². The SMILES string of the molecule is COC(=O)/C(=C(/C)c1ccccc1)[N+](=O)[O-]. The molecule has 1 aromatic rings. The van der Waals surface area contributed by atoms with Crippen molar-refractivity contribution in [1.29, 1.82) is 0 Å². The quantitative estimate of drug-likeness (QED) is 0.338. The molecule has 0 amide bonds. The number of esters is 1. The zero-order valence-electron chi connectivity index (χ0n) is 8.97. The number of methoxy groups -OCH3 is 1. The molecule has 0 aromatic heterocycles. The molecule has 0 atom stereocenters. The van der Waals surface area contributed by atoms with E-state index in [1.165, 1.54) is 6.92 Å². The third-order valence-corrected chi connectivity index (χ3v) is 2.12. The van der Waals surface area contributed by atoms with Crippen molar-refractivity contribution in [3.63, 3.8) is 0 Å². The van der Waals surface area contributed by atoms with E-state index in [2.05, 4.69) is 4.74 Å². The Balaban J connectivity index is 3.28. The second-order valence-corrected chi connectivity index (χ2v) is 3.09. The predicted octanol–water partition coefficient (Wildman–Crippen LogP) is 1.87. The van der Waals surface area contributed by atoms with E-state index in [0.29, 0.717) is 5.56 Å². The summed E-state index contributed by atoms with van der Waals surface area (Å²) >= 11 is 0. The van der Waals surface area contributed by atoms with Crippen LogP contribution in [0.2, 0.25) is 0 Å². The van der Waals surface area contributed by atoms with Crippen molar-refractivity contribution in [3.8, 4) is 0 Å². The Morgan fingerprint density at radius 2 is 1.88 bits per heavy atom. The standard InChI is InChI=1S/C11H11NO4/c1-8(9-6-4-3-5-7-9)10(12(14)15)11(13)16-2/h3-7H,1-2H3/b10-8+. The van der Waals surface area contributed by atoms with Crippen LogP contribution in [0, 0.1) is 10.1 Å². The Bertz CT molecular complexity index is 437. The molecule has 5 nitrogen and oxygen atoms in total. The number of carbonyl (C=O) groups is 1. The van der Waals surface area contributed by atoms with Gasteiger partial charge < -0.3 is 4.74 Å². The van der Waals surface area contributed by atoms with Crippen LogP contribution in [0.3, 0.4) is 0 Å². The first-order valence-electron chi connectivity index (χ1n) is 4.57. The highest BCUT2D eigenvalue weighted by Gasteiger charge is 2.26. The topological polar surface area (TPSA) is 69.4 Å². The maximum absolute atomic E-state index is 11.2. The number of carbonyl (C=O) groups excluding carboxylic acids is 1. The molecule has 0 spiro atoms. The molecule has 84 valence electrons. The lowest BCUT2D eigenvalue weighted by Crippen LogP contribution is -2.14. The number of rotatable bonds is 3. The van der Waals surface area contributed by atoms with Crippen LogP contribution in [0.1, 0.15) is 12.5 Å². The third kappa shape index (κ3) is 2.44. The second kappa shape index (κ2) is 5.06. The van der Waals surface area contributed by atoms with Crippen molar-refractivity contribution in [3.05, 3.63) is 51.7 Å². The van der Waals surface area contributed by atoms with Gasteiger partial charge in [0.05, 0.1) is 12.0 Å². The molecule has 0 saturated heterocycles. The van der Waals surface area contributed by atoms with Crippen LogP contribution in [0.4, 0.5) is 0 Å². The van der Waals surface area contributed by atoms with Gasteiger partial charge in [-0.15, -0.1) is 0 Å². The summed E-state index contributed by atoms with van der Waals surface area (Å²) in [4.78, 5) is 21.3. The molecule has 0 aliphatic carbocycles. The van der Waals surface area contributed by atoms with Crippen molar-refractivity contribution in [2.45, 2.75) is 6.92 Å². The second-order valence-electron chi connectivity index (χ2n) is 3.09. The van der Waals surface area contributed by atoms with Crippen LogP contribution in [-0.2, 0) is 9.53 Å². The Morgan fingerprint density at radius 3 is 2.31 bits per heavy atom. The Kier molecular flexibility index (Phi) is 3.77. The van der Waals surface area contributed by atoms with Crippen molar-refractivity contribution >= 4 is 11.5 Å². The summed E-state index contributed by atoms with van der Waals surface area (Å²) in [5.41, 5.74) is 0.380. The Hall–Kier alpha value is -2.17. The van der Waals surface area contributed by atoms with E-state index >= 15 is 0 Å². The summed E-state index contributed by atoms with van der Waals surface area (Å²) < 4.78 is 4.38. The molecule has 0 N–H and O–H groups in total. The number of ether oxygens (including phenoxy) is 1. The summed E-state index contributed by atoms with van der Waals surface area (Å²) in [6, 6.07) is 8.67. The molecule has 0 aliphatic heterocycles. The number of benzene rings is 1. The highest BCUT2D eigenvalue weighted by Crippen LogP contribution is 2.19. The molecule has 1 aromatic carbocycles. The van der Waals surface area contributed by atoms with E-state index < -0.39 is 16.6 Å². The fraction of sp³-hybridized carbons (Fsp3) is 0.182. The third-order valence-electron chi connectivity index (χ3n) is 2.12. The number of nitro groups is 1. The molecule has 0 unspecified atom stereocenters. The largest absolute Gasteiger partial charge is 0.461 e. The Labute approximate surface area is 92.5 Å². The van der Waals surface area contributed by atoms with Gasteiger partial charge in [0.25, 0.3) is 0 Å². The number of hydrogen-bond donors (Lipinski definition) is 0. The minimum atomic E-state index is -0.939. The minimum Gasteiger partial charge on any atom is -0.461 e. The molecule has 1 rings (SSSR count). The van der Waals surface area contributed by atoms with Gasteiger partial charge in [-0.05, 0) is 12.5 Å². The number of allylic oxidation sites excluding steroid dienone is 1. The first-order valence-corrected chi connectivity index (χ1v) is 4.57. The van der Waals surface area contributed by atoms with Crippen molar-refractivity contribution < 1.29 is 14.5 Å². The van der Waals surface area contributed by atoms with E-state index in [9.17, 15) is 14.9 Å². The highest BCUT2D eigenvalue weighted by molar-refractivity contribution is 5.94. The molecule has 0 aliphatic rings. The van der Waals surface area contributed by atoms with Gasteiger partial charge in [-0.3, -0.25) is 10.1 Å². The summed E-state index contributed by atoms with van der Waals surface area (Å²) in [6.45, 7) is 1.52. The van der Waals surface area contributed by atoms with Gasteiger partial charge in [0.1, 0.15) is 0 Å². The van der Waals surface area contributed by atoms with E-state index in [1.807, 2.05) is 0 Å². The zero-order chi connectivity index (χ0) is 12.1. The number of nitrogens with zero attached hydrogens (tertiary/aromatic N) is 1. The summed E-state index contributed by atoms with van der Waals surface area (Å²) in [5, 5.41) is 10.8. The van der Waals surface area contributed by atoms with Gasteiger partial charge in [-0.2, -0.15) is 0 Å². The first-order chi connectivity index (χ1) is 7.57. The molecule has 16 heavy (non-hydrogen) atoms. The van der Waals surface area contributed by atoms with E-state index in [1.54, 1.807) is 30.3 Å². The molecule has 5 heteroatoms. The van der Waals surface area contributed by atoms with Gasteiger partial charge in [-0.1, -0.05) is 30.3 Å². The minimum absolute atomic E-state index is 0.289. The van der Waals surface area contributed by atoms with Crippen LogP contribution >= 0.6 is 0 Å². The maximum atomic E-state index is 11.2. The van der Waals surface area contributed by atoms with Gasteiger partial charge >= 0.3 is 11.7 Å². The lowest BCUT2D eigenvalue weighted by Gasteiger charge is -2.02. The van der Waals surface area contributed by atoms with Crippen LogP contribution in [-0.4, -0.2) is 18.0 Å². The van der Waals surface area contributed by atoms with E-state index in [4.69, 9.17) is 0 Å². The molecule has 0 radical (unpaired) electrons. The fourth-order valence-electron chi connectivity index (χ4n) is 1.29. The fourth-order valence-corrected chi connectivity index (χ4v) is 1.29. The monoisotopic (exact) mass is 221 g/mol. The molecule has 0 fully saturated rings. The summed E-state index contributed by atoms with van der Waals surface area (Å²) in [5.74, 6) is -0.939. The first kappa shape index (κ1) is 11.9. The highest BCUT2D eigenvalue weighted by atomic mass is 16.6. The molecular formula is C11H11NO4. The lowest BCUT2D eigenvalue weighted by molar-refractivity contribution is -0.420.